The van der Waals surface area contributed by atoms with Gasteiger partial charge in [-0.1, -0.05) is 0 Å². The summed E-state index contributed by atoms with van der Waals surface area (Å²) in [6, 6.07) is 0. The van der Waals surface area contributed by atoms with Crippen LogP contribution in [0.1, 0.15) is 0 Å². The lowest BCUT2D eigenvalue weighted by Crippen LogP contribution is -1.98. The number of hydrogen-bond donors (Lipinski definition) is 1. The van der Waals surface area contributed by atoms with Gasteiger partial charge in [0, 0.05) is 18.9 Å². The Hall–Kier alpha value is -1.12. The van der Waals surface area contributed by atoms with Gasteiger partial charge in [0.1, 0.15) is 5.82 Å². The largest absolute Gasteiger partial charge is 0.369 e. The summed E-state index contributed by atoms with van der Waals surface area (Å²) in [5.74, 6) is 0.771. The molecule has 0 atom stereocenters. The van der Waals surface area contributed by atoms with Crippen molar-refractivity contribution >= 4 is 5.82 Å². The first-order valence-electron chi connectivity index (χ1n) is 2.72. The lowest BCUT2D eigenvalue weighted by molar-refractivity contribution is 1.16. The molecule has 0 spiro atoms. The van der Waals surface area contributed by atoms with Crippen molar-refractivity contribution in [1.82, 2.24) is 9.97 Å². The van der Waals surface area contributed by atoms with E-state index in [1.165, 1.54) is 0 Å². The molecule has 0 aliphatic heterocycles. The molecule has 9 heavy (non-hydrogen) atoms. The molecule has 0 aromatic carbocycles. The topological polar surface area (TPSA) is 37.8 Å². The highest BCUT2D eigenvalue weighted by Gasteiger charge is 1.84. The van der Waals surface area contributed by atoms with E-state index in [0.717, 1.165) is 5.82 Å². The van der Waals surface area contributed by atoms with Crippen LogP contribution in [0.2, 0.25) is 0 Å². The molecular formula is C6H8N3. The number of anilines is 1. The summed E-state index contributed by atoms with van der Waals surface area (Å²) in [6.45, 7) is 4.24. The molecule has 3 heteroatoms. The van der Waals surface area contributed by atoms with Gasteiger partial charge in [-0.15, -0.1) is 0 Å². The smallest absolute Gasteiger partial charge is 0.144 e. The highest BCUT2D eigenvalue weighted by Crippen LogP contribution is 1.93. The van der Waals surface area contributed by atoms with Crippen LogP contribution in [0.5, 0.6) is 0 Å². The van der Waals surface area contributed by atoms with E-state index in [-0.39, 0.29) is 0 Å². The van der Waals surface area contributed by atoms with Crippen molar-refractivity contribution < 1.29 is 0 Å². The van der Waals surface area contributed by atoms with Crippen molar-refractivity contribution in [2.45, 2.75) is 0 Å². The summed E-state index contributed by atoms with van der Waals surface area (Å²) < 4.78 is 0. The van der Waals surface area contributed by atoms with E-state index in [4.69, 9.17) is 0 Å². The average molecular weight is 122 g/mol. The molecule has 1 heterocycles. The number of nitrogens with zero attached hydrogens (tertiary/aromatic N) is 2. The van der Waals surface area contributed by atoms with E-state index >= 15 is 0 Å². The van der Waals surface area contributed by atoms with E-state index in [9.17, 15) is 0 Å². The Morgan fingerprint density at radius 2 is 2.44 bits per heavy atom. The molecular weight excluding hydrogens is 114 g/mol. The molecule has 1 aromatic heterocycles. The van der Waals surface area contributed by atoms with E-state index in [0.29, 0.717) is 6.54 Å². The first kappa shape index (κ1) is 6.01. The van der Waals surface area contributed by atoms with Crippen LogP contribution in [0.3, 0.4) is 0 Å². The second kappa shape index (κ2) is 3.02. The molecule has 0 amide bonds. The predicted molar refractivity (Wildman–Crippen MR) is 35.9 cm³/mol. The summed E-state index contributed by atoms with van der Waals surface area (Å²) in [5.41, 5.74) is 0. The van der Waals surface area contributed by atoms with E-state index in [1.807, 2.05) is 0 Å². The van der Waals surface area contributed by atoms with E-state index in [1.54, 1.807) is 18.6 Å². The third kappa shape index (κ3) is 1.68. The Morgan fingerprint density at radius 3 is 3.00 bits per heavy atom. The van der Waals surface area contributed by atoms with Crippen LogP contribution in [0.4, 0.5) is 5.82 Å². The van der Waals surface area contributed by atoms with Crippen molar-refractivity contribution in [2.75, 3.05) is 11.9 Å². The summed E-state index contributed by atoms with van der Waals surface area (Å²) >= 11 is 0. The highest BCUT2D eigenvalue weighted by atomic mass is 15.0. The van der Waals surface area contributed by atoms with Crippen LogP contribution in [-0.4, -0.2) is 16.5 Å². The molecule has 1 N–H and O–H groups in total. The van der Waals surface area contributed by atoms with E-state index < -0.39 is 0 Å². The fourth-order valence-corrected chi connectivity index (χ4v) is 0.518. The first-order valence-corrected chi connectivity index (χ1v) is 2.72. The summed E-state index contributed by atoms with van der Waals surface area (Å²) in [5, 5.41) is 2.92. The Morgan fingerprint density at radius 1 is 1.56 bits per heavy atom. The molecule has 0 bridgehead atoms. The minimum atomic E-state index is 0.638. The van der Waals surface area contributed by atoms with Gasteiger partial charge in [0.2, 0.25) is 0 Å². The van der Waals surface area contributed by atoms with Crippen molar-refractivity contribution in [1.29, 1.82) is 0 Å². The normalized spacial score (nSPS) is 9.00. The minimum Gasteiger partial charge on any atom is -0.369 e. The van der Waals surface area contributed by atoms with Crippen molar-refractivity contribution in [3.05, 3.63) is 25.5 Å². The van der Waals surface area contributed by atoms with Crippen LogP contribution in [0.15, 0.2) is 18.6 Å². The second-order valence-electron chi connectivity index (χ2n) is 1.52. The van der Waals surface area contributed by atoms with Crippen LogP contribution >= 0.6 is 0 Å². The van der Waals surface area contributed by atoms with Gasteiger partial charge in [0.15, 0.2) is 0 Å². The summed E-state index contributed by atoms with van der Waals surface area (Å²) in [6.07, 6.45) is 4.93. The monoisotopic (exact) mass is 122 g/mol. The zero-order valence-corrected chi connectivity index (χ0v) is 5.04. The Kier molecular flexibility index (Phi) is 2.01. The molecule has 0 fully saturated rings. The van der Waals surface area contributed by atoms with Gasteiger partial charge < -0.3 is 5.32 Å². The molecule has 1 radical (unpaired) electrons. The molecule has 3 nitrogen and oxygen atoms in total. The quantitative estimate of drug-likeness (QED) is 0.628. The van der Waals surface area contributed by atoms with Gasteiger partial charge in [-0.05, 0) is 6.92 Å². The molecule has 0 aliphatic carbocycles. The van der Waals surface area contributed by atoms with Gasteiger partial charge in [-0.3, -0.25) is 4.98 Å². The SMILES string of the molecule is [CH2]CNc1cnccn1. The van der Waals surface area contributed by atoms with E-state index in [2.05, 4.69) is 22.2 Å². The predicted octanol–water partition coefficient (Wildman–Crippen LogP) is 0.723. The lowest BCUT2D eigenvalue weighted by Gasteiger charge is -1.96. The van der Waals surface area contributed by atoms with Crippen molar-refractivity contribution in [3.63, 3.8) is 0 Å². The summed E-state index contributed by atoms with van der Waals surface area (Å²) in [4.78, 5) is 7.81. The standard InChI is InChI=1S/C6H8N3/c1-2-8-6-5-7-3-4-9-6/h3-5H,1-2H2,(H,8,9). The van der Waals surface area contributed by atoms with Gasteiger partial charge in [0.05, 0.1) is 6.20 Å². The molecule has 1 rings (SSSR count). The number of hydrogen-bond acceptors (Lipinski definition) is 3. The Labute approximate surface area is 54.2 Å². The third-order valence-corrected chi connectivity index (χ3v) is 0.869. The van der Waals surface area contributed by atoms with Crippen LogP contribution in [-0.2, 0) is 0 Å². The van der Waals surface area contributed by atoms with Gasteiger partial charge in [-0.2, -0.15) is 0 Å². The molecule has 0 aliphatic rings. The highest BCUT2D eigenvalue weighted by molar-refractivity contribution is 5.29. The van der Waals surface area contributed by atoms with Crippen molar-refractivity contribution in [3.8, 4) is 0 Å². The maximum atomic E-state index is 3.95. The molecule has 0 unspecified atom stereocenters. The summed E-state index contributed by atoms with van der Waals surface area (Å²) in [7, 11) is 0. The van der Waals surface area contributed by atoms with Gasteiger partial charge >= 0.3 is 0 Å². The van der Waals surface area contributed by atoms with Crippen molar-refractivity contribution in [2.24, 2.45) is 0 Å². The Bertz CT molecular complexity index is 161. The fraction of sp³-hybridized carbons (Fsp3) is 0.167. The first-order chi connectivity index (χ1) is 4.43. The average Bonchev–Trinajstić information content (AvgIpc) is 1.91. The maximum Gasteiger partial charge on any atom is 0.144 e. The Balaban J connectivity index is 2.61. The third-order valence-electron chi connectivity index (χ3n) is 0.869. The molecule has 0 saturated carbocycles. The zero-order chi connectivity index (χ0) is 6.53. The fourth-order valence-electron chi connectivity index (χ4n) is 0.518. The number of aromatic nitrogens is 2. The second-order valence-corrected chi connectivity index (χ2v) is 1.52. The van der Waals surface area contributed by atoms with Gasteiger partial charge in [0.25, 0.3) is 0 Å². The molecule has 47 valence electrons. The van der Waals surface area contributed by atoms with Crippen LogP contribution in [0, 0.1) is 6.92 Å². The maximum absolute atomic E-state index is 3.95. The minimum absolute atomic E-state index is 0.638. The molecule has 0 saturated heterocycles. The number of rotatable bonds is 2. The van der Waals surface area contributed by atoms with Crippen LogP contribution in [0.25, 0.3) is 0 Å². The van der Waals surface area contributed by atoms with Crippen LogP contribution < -0.4 is 5.32 Å². The van der Waals surface area contributed by atoms with Gasteiger partial charge in [-0.25, -0.2) is 4.98 Å². The zero-order valence-electron chi connectivity index (χ0n) is 5.04. The lowest BCUT2D eigenvalue weighted by atomic mass is 10.6. The number of nitrogens with one attached hydrogen (secondary N) is 1. The molecule has 1 aromatic rings.